The van der Waals surface area contributed by atoms with Gasteiger partial charge in [-0.25, -0.2) is 9.59 Å². The van der Waals surface area contributed by atoms with Crippen molar-refractivity contribution in [2.75, 3.05) is 24.3 Å². The highest BCUT2D eigenvalue weighted by Gasteiger charge is 2.33. The number of amides is 2. The van der Waals surface area contributed by atoms with Crippen molar-refractivity contribution >= 4 is 40.7 Å². The van der Waals surface area contributed by atoms with Gasteiger partial charge in [-0.05, 0) is 67.9 Å². The number of urea groups is 1. The Morgan fingerprint density at radius 2 is 1.78 bits per heavy atom. The van der Waals surface area contributed by atoms with E-state index >= 15 is 0 Å². The number of benzene rings is 2. The third-order valence-corrected chi connectivity index (χ3v) is 5.74. The third kappa shape index (κ3) is 5.26. The number of hydrogen-bond donors (Lipinski definition) is 3. The van der Waals surface area contributed by atoms with E-state index in [-0.39, 0.29) is 18.6 Å². The fourth-order valence-electron chi connectivity index (χ4n) is 3.48. The Morgan fingerprint density at radius 3 is 2.44 bits per heavy atom. The lowest BCUT2D eigenvalue weighted by molar-refractivity contribution is -0.139. The largest absolute Gasteiger partial charge is 0.463 e. The molecule has 0 aliphatic carbocycles. The summed E-state index contributed by atoms with van der Waals surface area (Å²) < 4.78 is 5.26. The van der Waals surface area contributed by atoms with Crippen molar-refractivity contribution in [2.45, 2.75) is 33.2 Å². The van der Waals surface area contributed by atoms with Gasteiger partial charge in [-0.2, -0.15) is 0 Å². The van der Waals surface area contributed by atoms with E-state index in [1.807, 2.05) is 50.4 Å². The second kappa shape index (κ2) is 10.3. The number of nitrogens with zero attached hydrogens (tertiary/aromatic N) is 1. The highest BCUT2D eigenvalue weighted by atomic mass is 32.1. The number of ether oxygens (including phenoxy) is 1. The fourth-order valence-corrected chi connectivity index (χ4v) is 3.73. The molecule has 168 valence electrons. The van der Waals surface area contributed by atoms with Crippen LogP contribution in [-0.2, 0) is 16.0 Å². The summed E-state index contributed by atoms with van der Waals surface area (Å²) in [5, 5.41) is 9.40. The van der Waals surface area contributed by atoms with Gasteiger partial charge in [0, 0.05) is 24.1 Å². The predicted molar refractivity (Wildman–Crippen MR) is 130 cm³/mol. The van der Waals surface area contributed by atoms with E-state index in [0.29, 0.717) is 16.4 Å². The number of aryl methyl sites for hydroxylation is 1. The van der Waals surface area contributed by atoms with E-state index in [1.54, 1.807) is 24.0 Å². The molecule has 0 radical (unpaired) electrons. The number of hydrogen-bond acceptors (Lipinski definition) is 4. The molecule has 1 atom stereocenters. The summed E-state index contributed by atoms with van der Waals surface area (Å²) in [5.74, 6) is -0.382. The second-order valence-electron chi connectivity index (χ2n) is 7.42. The molecule has 7 nitrogen and oxygen atoms in total. The molecule has 3 N–H and O–H groups in total. The summed E-state index contributed by atoms with van der Waals surface area (Å²) in [4.78, 5) is 26.8. The van der Waals surface area contributed by atoms with Crippen molar-refractivity contribution in [3.63, 3.8) is 0 Å². The first-order valence-corrected chi connectivity index (χ1v) is 10.9. The van der Waals surface area contributed by atoms with Crippen LogP contribution in [0.2, 0.25) is 0 Å². The van der Waals surface area contributed by atoms with E-state index in [2.05, 4.69) is 22.9 Å². The first-order valence-electron chi connectivity index (χ1n) is 10.5. The lowest BCUT2D eigenvalue weighted by atomic mass is 9.95. The topological polar surface area (TPSA) is 82.7 Å². The van der Waals surface area contributed by atoms with E-state index in [4.69, 9.17) is 17.0 Å². The number of carbonyl (C=O) groups excluding carboxylic acids is 2. The molecule has 1 aliphatic heterocycles. The standard InChI is InChI=1S/C24H28N4O3S/c1-5-16-8-7-9-19(14-16)26-23(30)25-18-12-10-17(11-13-18)21-20(22(29)31-6-2)15(3)28(4)24(32)27-21/h7-14,21H,5-6H2,1-4H3,(H,27,32)(H2,25,26,30). The van der Waals surface area contributed by atoms with Gasteiger partial charge in [0.15, 0.2) is 5.11 Å². The molecule has 1 unspecified atom stereocenters. The number of carbonyl (C=O) groups is 2. The summed E-state index contributed by atoms with van der Waals surface area (Å²) >= 11 is 5.41. The molecular weight excluding hydrogens is 424 g/mol. The molecule has 2 aromatic rings. The molecule has 0 spiro atoms. The average molecular weight is 453 g/mol. The molecule has 0 fully saturated rings. The molecule has 0 saturated heterocycles. The normalized spacial score (nSPS) is 15.8. The molecule has 0 bridgehead atoms. The first kappa shape index (κ1) is 23.3. The zero-order valence-corrected chi connectivity index (χ0v) is 19.5. The number of thiocarbonyl (C=S) groups is 1. The Kier molecular flexibility index (Phi) is 7.48. The van der Waals surface area contributed by atoms with Gasteiger partial charge >= 0.3 is 12.0 Å². The maximum absolute atomic E-state index is 12.6. The second-order valence-corrected chi connectivity index (χ2v) is 7.80. The molecule has 3 rings (SSSR count). The summed E-state index contributed by atoms with van der Waals surface area (Å²) in [7, 11) is 1.81. The molecular formula is C24H28N4O3S. The Bertz CT molecular complexity index is 1050. The third-order valence-electron chi connectivity index (χ3n) is 5.34. The van der Waals surface area contributed by atoms with Crippen LogP contribution in [0, 0.1) is 0 Å². The van der Waals surface area contributed by atoms with Crippen molar-refractivity contribution < 1.29 is 14.3 Å². The van der Waals surface area contributed by atoms with Crippen molar-refractivity contribution in [3.05, 3.63) is 70.9 Å². The zero-order valence-electron chi connectivity index (χ0n) is 18.7. The SMILES string of the molecule is CCOC(=O)C1=C(C)N(C)C(=S)NC1c1ccc(NC(=O)Nc2cccc(CC)c2)cc1. The van der Waals surface area contributed by atoms with Crippen LogP contribution in [0.5, 0.6) is 0 Å². The predicted octanol–water partition coefficient (Wildman–Crippen LogP) is 4.59. The van der Waals surface area contributed by atoms with Gasteiger partial charge in [-0.3, -0.25) is 0 Å². The summed E-state index contributed by atoms with van der Waals surface area (Å²) in [6.07, 6.45) is 0.898. The van der Waals surface area contributed by atoms with Crippen molar-refractivity contribution in [2.24, 2.45) is 0 Å². The van der Waals surface area contributed by atoms with Gasteiger partial charge in [0.05, 0.1) is 18.2 Å². The Labute approximate surface area is 193 Å². The molecule has 0 saturated carbocycles. The van der Waals surface area contributed by atoms with E-state index in [0.717, 1.165) is 28.9 Å². The van der Waals surface area contributed by atoms with Crippen molar-refractivity contribution in [1.29, 1.82) is 0 Å². The fraction of sp³-hybridized carbons (Fsp3) is 0.292. The van der Waals surface area contributed by atoms with E-state index in [1.165, 1.54) is 0 Å². The Hall–Kier alpha value is -3.39. The maximum Gasteiger partial charge on any atom is 0.338 e. The molecule has 2 aromatic carbocycles. The minimum atomic E-state index is -0.433. The van der Waals surface area contributed by atoms with Gasteiger partial charge in [0.1, 0.15) is 0 Å². The number of esters is 1. The minimum Gasteiger partial charge on any atom is -0.463 e. The zero-order chi connectivity index (χ0) is 23.3. The Balaban J connectivity index is 1.75. The van der Waals surface area contributed by atoms with Crippen LogP contribution in [0.25, 0.3) is 0 Å². The highest BCUT2D eigenvalue weighted by molar-refractivity contribution is 7.80. The molecule has 32 heavy (non-hydrogen) atoms. The van der Waals surface area contributed by atoms with Crippen molar-refractivity contribution in [1.82, 2.24) is 10.2 Å². The van der Waals surface area contributed by atoms with Crippen LogP contribution in [0.15, 0.2) is 59.8 Å². The van der Waals surface area contributed by atoms with E-state index < -0.39 is 6.04 Å². The Morgan fingerprint density at radius 1 is 1.09 bits per heavy atom. The van der Waals surface area contributed by atoms with E-state index in [9.17, 15) is 9.59 Å². The first-order chi connectivity index (χ1) is 15.3. The van der Waals surface area contributed by atoms with Crippen LogP contribution in [0.1, 0.15) is 37.9 Å². The van der Waals surface area contributed by atoms with Gasteiger partial charge in [0.25, 0.3) is 0 Å². The van der Waals surface area contributed by atoms with Gasteiger partial charge < -0.3 is 25.6 Å². The minimum absolute atomic E-state index is 0.287. The maximum atomic E-state index is 12.6. The summed E-state index contributed by atoms with van der Waals surface area (Å²) in [5.41, 5.74) is 4.61. The molecule has 8 heteroatoms. The highest BCUT2D eigenvalue weighted by Crippen LogP contribution is 2.31. The quantitative estimate of drug-likeness (QED) is 0.439. The van der Waals surface area contributed by atoms with Gasteiger partial charge in [0.2, 0.25) is 0 Å². The average Bonchev–Trinajstić information content (AvgIpc) is 2.78. The molecule has 1 aliphatic rings. The number of allylic oxidation sites excluding steroid dienone is 1. The number of nitrogens with one attached hydrogen (secondary N) is 3. The van der Waals surface area contributed by atoms with Crippen LogP contribution in [0.4, 0.5) is 16.2 Å². The molecule has 1 heterocycles. The summed E-state index contributed by atoms with van der Waals surface area (Å²) in [6.45, 7) is 5.98. The van der Waals surface area contributed by atoms with Gasteiger partial charge in [-0.15, -0.1) is 0 Å². The van der Waals surface area contributed by atoms with Crippen LogP contribution >= 0.6 is 12.2 Å². The van der Waals surface area contributed by atoms with Crippen LogP contribution in [0.3, 0.4) is 0 Å². The monoisotopic (exact) mass is 452 g/mol. The lowest BCUT2D eigenvalue weighted by Gasteiger charge is -2.35. The number of rotatable bonds is 6. The molecule has 0 aromatic heterocycles. The van der Waals surface area contributed by atoms with Crippen molar-refractivity contribution in [3.8, 4) is 0 Å². The lowest BCUT2D eigenvalue weighted by Crippen LogP contribution is -2.46. The molecule has 2 amide bonds. The van der Waals surface area contributed by atoms with Gasteiger partial charge in [-0.1, -0.05) is 31.2 Å². The van der Waals surface area contributed by atoms with Crippen LogP contribution < -0.4 is 16.0 Å². The summed E-state index contributed by atoms with van der Waals surface area (Å²) in [6, 6.07) is 14.3. The smallest absolute Gasteiger partial charge is 0.338 e. The van der Waals surface area contributed by atoms with Crippen LogP contribution in [-0.4, -0.2) is 35.7 Å². The number of anilines is 2.